The van der Waals surface area contributed by atoms with Crippen molar-refractivity contribution < 1.29 is 19.0 Å². The highest BCUT2D eigenvalue weighted by Crippen LogP contribution is 2.40. The second-order valence-electron chi connectivity index (χ2n) is 9.33. The average Bonchev–Trinajstić information content (AvgIpc) is 3.38. The minimum Gasteiger partial charge on any atom is -0.507 e. The molecule has 1 saturated heterocycles. The first-order chi connectivity index (χ1) is 17.5. The number of carbonyl (C=O) groups excluding carboxylic acids is 1. The standard InChI is InChI=1S/C29H26FN3O3/c1-31-17-19(22-4-2-3-5-25(22)31)16-27-28(35)23-10-11-26(34)24(29(23)36-27)18-32-12-14-33(15-13-32)21-8-6-20(30)7-9-21/h2-11,16-17,34H,12-15,18H2,1H3/b27-16+. The Morgan fingerprint density at radius 3 is 2.53 bits per heavy atom. The van der Waals surface area contributed by atoms with E-state index in [-0.39, 0.29) is 23.1 Å². The van der Waals surface area contributed by atoms with Crippen LogP contribution in [0.2, 0.25) is 0 Å². The number of allylic oxidation sites excluding steroid dienone is 1. The maximum Gasteiger partial charge on any atom is 0.231 e. The fourth-order valence-corrected chi connectivity index (χ4v) is 5.12. The number of carbonyl (C=O) groups is 1. The third-order valence-corrected chi connectivity index (χ3v) is 7.08. The van der Waals surface area contributed by atoms with Gasteiger partial charge in [0.05, 0.1) is 11.1 Å². The Hall–Kier alpha value is -4.10. The molecule has 2 aliphatic heterocycles. The van der Waals surface area contributed by atoms with Gasteiger partial charge in [-0.3, -0.25) is 9.69 Å². The molecule has 2 aliphatic rings. The molecule has 3 aromatic carbocycles. The number of anilines is 1. The summed E-state index contributed by atoms with van der Waals surface area (Å²) in [6.45, 7) is 3.59. The van der Waals surface area contributed by atoms with Crippen molar-refractivity contribution in [2.24, 2.45) is 7.05 Å². The van der Waals surface area contributed by atoms with Crippen LogP contribution in [0.5, 0.6) is 11.5 Å². The number of fused-ring (bicyclic) bond motifs is 2. The lowest BCUT2D eigenvalue weighted by molar-refractivity contribution is 0.101. The predicted octanol–water partition coefficient (Wildman–Crippen LogP) is 4.96. The molecule has 0 bridgehead atoms. The van der Waals surface area contributed by atoms with Crippen LogP contribution in [-0.2, 0) is 13.6 Å². The summed E-state index contributed by atoms with van der Waals surface area (Å²) in [6.07, 6.45) is 3.77. The number of halogens is 1. The molecule has 36 heavy (non-hydrogen) atoms. The van der Waals surface area contributed by atoms with E-state index in [0.29, 0.717) is 23.4 Å². The second kappa shape index (κ2) is 8.84. The first kappa shape index (κ1) is 22.4. The van der Waals surface area contributed by atoms with Crippen LogP contribution in [0.15, 0.2) is 72.6 Å². The molecule has 6 rings (SSSR count). The Balaban J connectivity index is 1.22. The maximum absolute atomic E-state index is 13.3. The largest absolute Gasteiger partial charge is 0.507 e. The van der Waals surface area contributed by atoms with Crippen molar-refractivity contribution in [1.29, 1.82) is 0 Å². The number of aryl methyl sites for hydroxylation is 1. The molecule has 182 valence electrons. The third-order valence-electron chi connectivity index (χ3n) is 7.08. The van der Waals surface area contributed by atoms with Gasteiger partial charge < -0.3 is 19.3 Å². The summed E-state index contributed by atoms with van der Waals surface area (Å²) < 4.78 is 21.4. The number of nitrogens with zero attached hydrogens (tertiary/aromatic N) is 3. The van der Waals surface area contributed by atoms with Crippen LogP contribution in [0, 0.1) is 5.82 Å². The molecule has 0 atom stereocenters. The van der Waals surface area contributed by atoms with E-state index < -0.39 is 0 Å². The average molecular weight is 484 g/mol. The molecule has 3 heterocycles. The fourth-order valence-electron chi connectivity index (χ4n) is 5.12. The van der Waals surface area contributed by atoms with E-state index in [4.69, 9.17) is 4.74 Å². The van der Waals surface area contributed by atoms with Gasteiger partial charge in [-0.15, -0.1) is 0 Å². The van der Waals surface area contributed by atoms with E-state index in [1.807, 2.05) is 42.1 Å². The van der Waals surface area contributed by atoms with Gasteiger partial charge in [0, 0.05) is 68.1 Å². The summed E-state index contributed by atoms with van der Waals surface area (Å²) in [6, 6.07) is 17.8. The minimum atomic E-state index is -0.241. The molecule has 0 saturated carbocycles. The van der Waals surface area contributed by atoms with Crippen LogP contribution in [0.4, 0.5) is 10.1 Å². The number of hydrogen-bond acceptors (Lipinski definition) is 5. The number of Topliss-reactive ketones (excluding diaryl/α,β-unsaturated/α-hetero) is 1. The molecule has 1 aromatic heterocycles. The smallest absolute Gasteiger partial charge is 0.231 e. The first-order valence-corrected chi connectivity index (χ1v) is 12.0. The van der Waals surface area contributed by atoms with Crippen LogP contribution in [0.25, 0.3) is 17.0 Å². The van der Waals surface area contributed by atoms with Gasteiger partial charge in [0.15, 0.2) is 5.76 Å². The molecule has 0 amide bonds. The lowest BCUT2D eigenvalue weighted by Crippen LogP contribution is -2.46. The lowest BCUT2D eigenvalue weighted by Gasteiger charge is -2.36. The highest BCUT2D eigenvalue weighted by molar-refractivity contribution is 6.15. The van der Waals surface area contributed by atoms with Crippen molar-refractivity contribution in [2.45, 2.75) is 6.54 Å². The van der Waals surface area contributed by atoms with Crippen molar-refractivity contribution >= 4 is 28.4 Å². The Morgan fingerprint density at radius 2 is 1.75 bits per heavy atom. The number of aromatic hydroxyl groups is 1. The number of benzene rings is 3. The second-order valence-corrected chi connectivity index (χ2v) is 9.33. The number of phenols is 1. The normalized spacial score (nSPS) is 17.1. The van der Waals surface area contributed by atoms with Gasteiger partial charge in [-0.05, 0) is 48.5 Å². The molecule has 0 unspecified atom stereocenters. The van der Waals surface area contributed by atoms with Gasteiger partial charge in [-0.25, -0.2) is 4.39 Å². The number of aromatic nitrogens is 1. The van der Waals surface area contributed by atoms with Crippen molar-refractivity contribution in [3.8, 4) is 11.5 Å². The molecule has 0 aliphatic carbocycles. The molecule has 1 N–H and O–H groups in total. The molecular formula is C29H26FN3O3. The third kappa shape index (κ3) is 3.91. The van der Waals surface area contributed by atoms with Crippen molar-refractivity contribution in [2.75, 3.05) is 31.1 Å². The number of para-hydroxylation sites is 1. The van der Waals surface area contributed by atoms with Crippen molar-refractivity contribution in [3.63, 3.8) is 0 Å². The van der Waals surface area contributed by atoms with Crippen LogP contribution >= 0.6 is 0 Å². The summed E-state index contributed by atoms with van der Waals surface area (Å²) in [5, 5.41) is 11.7. The van der Waals surface area contributed by atoms with E-state index in [0.717, 1.165) is 48.3 Å². The highest BCUT2D eigenvalue weighted by atomic mass is 19.1. The Labute approximate surface area is 208 Å². The lowest BCUT2D eigenvalue weighted by atomic mass is 10.0. The number of rotatable bonds is 4. The van der Waals surface area contributed by atoms with E-state index in [2.05, 4.69) is 9.80 Å². The number of ketones is 1. The summed E-state index contributed by atoms with van der Waals surface area (Å²) >= 11 is 0. The van der Waals surface area contributed by atoms with E-state index >= 15 is 0 Å². The summed E-state index contributed by atoms with van der Waals surface area (Å²) in [7, 11) is 1.97. The Morgan fingerprint density at radius 1 is 1.00 bits per heavy atom. The number of hydrogen-bond donors (Lipinski definition) is 1. The van der Waals surface area contributed by atoms with Crippen molar-refractivity contribution in [1.82, 2.24) is 9.47 Å². The Bertz CT molecular complexity index is 1500. The summed E-state index contributed by atoms with van der Waals surface area (Å²) in [5.41, 5.74) is 4.07. The van der Waals surface area contributed by atoms with Gasteiger partial charge in [-0.2, -0.15) is 0 Å². The predicted molar refractivity (Wildman–Crippen MR) is 138 cm³/mol. The van der Waals surface area contributed by atoms with E-state index in [9.17, 15) is 14.3 Å². The summed E-state index contributed by atoms with van der Waals surface area (Å²) in [5.74, 6) is 0.394. The quantitative estimate of drug-likeness (QED) is 0.416. The number of piperazine rings is 1. The Kier molecular flexibility index (Phi) is 5.49. The maximum atomic E-state index is 13.3. The SMILES string of the molecule is Cn1cc(/C=C2/Oc3c(ccc(O)c3CN3CCN(c4ccc(F)cc4)CC3)C2=O)c2ccccc21. The molecule has 6 nitrogen and oxygen atoms in total. The van der Waals surface area contributed by atoms with Gasteiger partial charge in [0.2, 0.25) is 5.78 Å². The number of phenolic OH excluding ortho intramolecular Hbond substituents is 1. The summed E-state index contributed by atoms with van der Waals surface area (Å²) in [4.78, 5) is 17.6. The minimum absolute atomic E-state index is 0.119. The van der Waals surface area contributed by atoms with Gasteiger partial charge in [0.25, 0.3) is 0 Å². The fraction of sp³-hybridized carbons (Fsp3) is 0.207. The molecular weight excluding hydrogens is 457 g/mol. The molecule has 1 fully saturated rings. The van der Waals surface area contributed by atoms with Crippen LogP contribution < -0.4 is 9.64 Å². The first-order valence-electron chi connectivity index (χ1n) is 12.0. The van der Waals surface area contributed by atoms with Gasteiger partial charge in [0.1, 0.15) is 17.3 Å². The topological polar surface area (TPSA) is 57.9 Å². The molecule has 4 aromatic rings. The zero-order chi connectivity index (χ0) is 24.8. The molecule has 7 heteroatoms. The monoisotopic (exact) mass is 483 g/mol. The zero-order valence-electron chi connectivity index (χ0n) is 19.9. The highest BCUT2D eigenvalue weighted by Gasteiger charge is 2.32. The molecule has 0 radical (unpaired) electrons. The van der Waals surface area contributed by atoms with Gasteiger partial charge >= 0.3 is 0 Å². The van der Waals surface area contributed by atoms with E-state index in [1.54, 1.807) is 30.3 Å². The van der Waals surface area contributed by atoms with Crippen LogP contribution in [-0.4, -0.2) is 46.5 Å². The van der Waals surface area contributed by atoms with E-state index in [1.165, 1.54) is 12.1 Å². The zero-order valence-corrected chi connectivity index (χ0v) is 19.9. The van der Waals surface area contributed by atoms with Crippen LogP contribution in [0.1, 0.15) is 21.5 Å². The van der Waals surface area contributed by atoms with Gasteiger partial charge in [-0.1, -0.05) is 18.2 Å². The number of ether oxygens (including phenoxy) is 1. The van der Waals surface area contributed by atoms with Crippen LogP contribution in [0.3, 0.4) is 0 Å². The van der Waals surface area contributed by atoms with Crippen molar-refractivity contribution in [3.05, 3.63) is 95.1 Å². The molecule has 0 spiro atoms.